The van der Waals surface area contributed by atoms with E-state index in [1.807, 2.05) is 18.2 Å². The number of nitrogens with zero attached hydrogens (tertiary/aromatic N) is 3. The first-order valence-corrected chi connectivity index (χ1v) is 19.8. The molecule has 1 unspecified atom stereocenters. The zero-order chi connectivity index (χ0) is 38.7. The van der Waals surface area contributed by atoms with Crippen LogP contribution in [0.4, 0.5) is 9.93 Å². The minimum absolute atomic E-state index is 0.00510. The van der Waals surface area contributed by atoms with Gasteiger partial charge in [0.2, 0.25) is 17.7 Å². The van der Waals surface area contributed by atoms with Crippen molar-refractivity contribution in [2.24, 2.45) is 5.92 Å². The van der Waals surface area contributed by atoms with Crippen molar-refractivity contribution >= 4 is 57.2 Å². The van der Waals surface area contributed by atoms with Gasteiger partial charge in [0, 0.05) is 42.2 Å². The van der Waals surface area contributed by atoms with Crippen LogP contribution in [0.15, 0.2) is 41.8 Å². The van der Waals surface area contributed by atoms with E-state index in [-0.39, 0.29) is 37.3 Å². The van der Waals surface area contributed by atoms with Crippen molar-refractivity contribution in [2.75, 3.05) is 19.0 Å². The van der Waals surface area contributed by atoms with Gasteiger partial charge < -0.3 is 40.2 Å². The maximum atomic E-state index is 14.5. The van der Waals surface area contributed by atoms with E-state index in [0.717, 1.165) is 44.9 Å². The molecule has 2 aromatic heterocycles. The lowest BCUT2D eigenvalue weighted by Crippen LogP contribution is -2.56. The van der Waals surface area contributed by atoms with Crippen LogP contribution in [0, 0.1) is 5.92 Å². The molecule has 4 heterocycles. The number of pyridine rings is 1. The number of anilines is 1. The van der Waals surface area contributed by atoms with Crippen LogP contribution in [0.25, 0.3) is 22.3 Å². The molecule has 1 saturated heterocycles. The van der Waals surface area contributed by atoms with E-state index >= 15 is 0 Å². The number of thiazole rings is 1. The number of alkyl carbamates (subject to hydrolysis) is 1. The summed E-state index contributed by atoms with van der Waals surface area (Å²) in [5, 5.41) is 21.4. The lowest BCUT2D eigenvalue weighted by atomic mass is 10.0. The highest BCUT2D eigenvalue weighted by Gasteiger charge is 2.61. The summed E-state index contributed by atoms with van der Waals surface area (Å²) in [7, 11) is 1.55. The molecule has 16 heteroatoms. The number of nitrogens with one attached hydrogen (secondary N) is 3. The first-order chi connectivity index (χ1) is 26.5. The minimum Gasteiger partial charge on any atom is -0.497 e. The summed E-state index contributed by atoms with van der Waals surface area (Å²) >= 11 is 1.25. The molecule has 2 saturated carbocycles. The maximum absolute atomic E-state index is 14.5. The third-order valence-corrected chi connectivity index (χ3v) is 11.6. The average molecular weight is 775 g/mol. The number of carbonyl (C=O) groups excluding carboxylic acids is 4. The quantitative estimate of drug-likeness (QED) is 0.220. The van der Waals surface area contributed by atoms with Crippen LogP contribution in [0.1, 0.15) is 77.6 Å². The van der Waals surface area contributed by atoms with Gasteiger partial charge in [0.15, 0.2) is 5.13 Å². The van der Waals surface area contributed by atoms with Gasteiger partial charge in [-0.15, -0.1) is 11.3 Å². The number of benzene rings is 1. The van der Waals surface area contributed by atoms with Crippen molar-refractivity contribution in [3.63, 3.8) is 0 Å². The van der Waals surface area contributed by atoms with Crippen molar-refractivity contribution in [2.45, 2.75) is 107 Å². The SMILES string of the molecule is COc1ccc2c(O[C@@H]3C[C@H]4C(=O)N[C@]5(C(=O)O)C[C@H]5/C=C\CCCCCC(NC(=O)OC5CCCC5)C(=O)N4C3)cc(-c3csc(NC(C)=O)n3)nc2c1. The molecule has 2 aliphatic carbocycles. The predicted molar refractivity (Wildman–Crippen MR) is 203 cm³/mol. The van der Waals surface area contributed by atoms with E-state index < -0.39 is 47.6 Å². The Hall–Kier alpha value is -5.25. The second-order valence-corrected chi connectivity index (χ2v) is 15.6. The molecule has 0 radical (unpaired) electrons. The van der Waals surface area contributed by atoms with Crippen LogP contribution in [-0.2, 0) is 23.9 Å². The highest BCUT2D eigenvalue weighted by atomic mass is 32.1. The molecule has 3 aromatic rings. The van der Waals surface area contributed by atoms with Crippen LogP contribution in [-0.4, -0.2) is 93.2 Å². The smallest absolute Gasteiger partial charge is 0.408 e. The van der Waals surface area contributed by atoms with Crippen molar-refractivity contribution in [1.29, 1.82) is 0 Å². The maximum Gasteiger partial charge on any atom is 0.408 e. The van der Waals surface area contributed by atoms with E-state index in [1.165, 1.54) is 23.2 Å². The van der Waals surface area contributed by atoms with Crippen molar-refractivity contribution in [3.05, 3.63) is 41.8 Å². The molecule has 4 aliphatic rings. The summed E-state index contributed by atoms with van der Waals surface area (Å²) < 4.78 is 17.8. The minimum atomic E-state index is -1.47. The number of allylic oxidation sites excluding steroid dienone is 1. The summed E-state index contributed by atoms with van der Waals surface area (Å²) in [6.45, 7) is 1.39. The summed E-state index contributed by atoms with van der Waals surface area (Å²) in [6.07, 6.45) is 9.41. The van der Waals surface area contributed by atoms with E-state index in [4.69, 9.17) is 19.2 Å². The van der Waals surface area contributed by atoms with Crippen LogP contribution in [0.2, 0.25) is 0 Å². The van der Waals surface area contributed by atoms with Gasteiger partial charge in [-0.3, -0.25) is 14.4 Å². The molecule has 2 aliphatic heterocycles. The molecule has 7 rings (SSSR count). The number of hydrogen-bond donors (Lipinski definition) is 4. The molecular weight excluding hydrogens is 729 g/mol. The molecular formula is C39H46N6O9S. The molecule has 4 amide bonds. The van der Waals surface area contributed by atoms with Crippen LogP contribution >= 0.6 is 11.3 Å². The van der Waals surface area contributed by atoms with Crippen LogP contribution in [0.3, 0.4) is 0 Å². The van der Waals surface area contributed by atoms with E-state index in [0.29, 0.717) is 51.8 Å². The number of carboxylic acids is 1. The van der Waals surface area contributed by atoms with E-state index in [2.05, 4.69) is 20.9 Å². The third-order valence-electron chi connectivity index (χ3n) is 10.8. The first-order valence-electron chi connectivity index (χ1n) is 18.9. The molecule has 3 fully saturated rings. The number of methoxy groups -OCH3 is 1. The Kier molecular flexibility index (Phi) is 11.2. The summed E-state index contributed by atoms with van der Waals surface area (Å²) in [5.41, 5.74) is 0.0426. The number of ether oxygens (including phenoxy) is 3. The number of carboxylic acid groups (broad SMARTS) is 1. The zero-order valence-corrected chi connectivity index (χ0v) is 31.7. The van der Waals surface area contributed by atoms with Gasteiger partial charge in [0.1, 0.15) is 47.0 Å². The van der Waals surface area contributed by atoms with Crippen molar-refractivity contribution < 1.29 is 43.3 Å². The molecule has 0 spiro atoms. The summed E-state index contributed by atoms with van der Waals surface area (Å²) in [4.78, 5) is 76.8. The highest BCUT2D eigenvalue weighted by Crippen LogP contribution is 2.45. The van der Waals surface area contributed by atoms with Gasteiger partial charge in [-0.25, -0.2) is 19.6 Å². The number of aliphatic carboxylic acids is 1. The molecule has 5 atom stereocenters. The Morgan fingerprint density at radius 1 is 1.02 bits per heavy atom. The Bertz CT molecular complexity index is 2000. The fourth-order valence-electron chi connectivity index (χ4n) is 7.79. The first kappa shape index (κ1) is 38.0. The molecule has 4 N–H and O–H groups in total. The lowest BCUT2D eigenvalue weighted by molar-refractivity contribution is -0.145. The monoisotopic (exact) mass is 774 g/mol. The fraction of sp³-hybridized carbons (Fsp3) is 0.513. The van der Waals surface area contributed by atoms with Gasteiger partial charge in [-0.05, 0) is 63.5 Å². The number of fused-ring (bicyclic) bond motifs is 3. The zero-order valence-electron chi connectivity index (χ0n) is 30.9. The molecule has 292 valence electrons. The van der Waals surface area contributed by atoms with Crippen LogP contribution in [0.5, 0.6) is 11.5 Å². The largest absolute Gasteiger partial charge is 0.497 e. The van der Waals surface area contributed by atoms with Gasteiger partial charge >= 0.3 is 12.1 Å². The van der Waals surface area contributed by atoms with Gasteiger partial charge in [0.05, 0.1) is 24.9 Å². The second kappa shape index (κ2) is 16.2. The van der Waals surface area contributed by atoms with E-state index in [9.17, 15) is 29.1 Å². The van der Waals surface area contributed by atoms with Crippen molar-refractivity contribution in [1.82, 2.24) is 25.5 Å². The predicted octanol–water partition coefficient (Wildman–Crippen LogP) is 5.19. The Labute approximate surface area is 322 Å². The fourth-order valence-corrected chi connectivity index (χ4v) is 8.54. The summed E-state index contributed by atoms with van der Waals surface area (Å²) in [6, 6.07) is 5.03. The van der Waals surface area contributed by atoms with Crippen LogP contribution < -0.4 is 25.4 Å². The molecule has 15 nitrogen and oxygen atoms in total. The average Bonchev–Trinajstić information content (AvgIpc) is 3.58. The normalized spacial score (nSPS) is 26.5. The topological polar surface area (TPSA) is 198 Å². The summed E-state index contributed by atoms with van der Waals surface area (Å²) in [5.74, 6) is -1.83. The van der Waals surface area contributed by atoms with Gasteiger partial charge in [0.25, 0.3) is 0 Å². The number of hydrogen-bond acceptors (Lipinski definition) is 11. The Morgan fingerprint density at radius 3 is 2.58 bits per heavy atom. The number of amides is 4. The van der Waals surface area contributed by atoms with Gasteiger partial charge in [-0.1, -0.05) is 25.0 Å². The third kappa shape index (κ3) is 8.53. The van der Waals surface area contributed by atoms with E-state index in [1.54, 1.807) is 30.7 Å². The standard InChI is InChI=1S/C39H46N6O9S/c1-22(46)40-37-42-31(21-55-37)30-18-33(27-15-14-25(52-2)16-29(27)41-30)53-26-17-32-34(47)44-39(36(49)50)19-23(39)10-6-4-3-5-7-13-28(35(48)45(32)20-26)43-38(51)54-24-11-8-9-12-24/h6,10,14-16,18,21,23-24,26,28,32H,3-5,7-9,11-13,17,19-20H2,1-2H3,(H,43,51)(H,44,47)(H,49,50)(H,40,42,46)/b10-6-/t23-,26-,28?,32+,39-/m1/s1. The second-order valence-electron chi connectivity index (χ2n) is 14.7. The number of aromatic nitrogens is 2. The number of rotatable bonds is 8. The number of carbonyl (C=O) groups is 5. The highest BCUT2D eigenvalue weighted by molar-refractivity contribution is 7.14. The Balaban J connectivity index is 1.20. The van der Waals surface area contributed by atoms with Gasteiger partial charge in [-0.2, -0.15) is 0 Å². The van der Waals surface area contributed by atoms with Crippen molar-refractivity contribution in [3.8, 4) is 22.9 Å². The molecule has 55 heavy (non-hydrogen) atoms. The Morgan fingerprint density at radius 2 is 1.82 bits per heavy atom. The molecule has 0 bridgehead atoms. The molecule has 1 aromatic carbocycles. The lowest BCUT2D eigenvalue weighted by Gasteiger charge is -2.29.